The van der Waals surface area contributed by atoms with Crippen LogP contribution in [0, 0.1) is 12.1 Å². The van der Waals surface area contributed by atoms with Crippen LogP contribution in [0.5, 0.6) is 5.75 Å². The lowest BCUT2D eigenvalue weighted by atomic mass is 10.0. The fraction of sp³-hybridized carbons (Fsp3) is 0.188. The van der Waals surface area contributed by atoms with E-state index in [1.54, 1.807) is 12.1 Å². The summed E-state index contributed by atoms with van der Waals surface area (Å²) in [5, 5.41) is 13.3. The number of benzene rings is 2. The maximum atomic E-state index is 12.6. The molecule has 0 saturated carbocycles. The Morgan fingerprint density at radius 2 is 1.85 bits per heavy atom. The molecule has 0 aliphatic carbocycles. The third-order valence-electron chi connectivity index (χ3n) is 3.38. The molecule has 1 atom stereocenters. The Hall–Kier alpha value is -2.00. The third kappa shape index (κ3) is 2.14. The van der Waals surface area contributed by atoms with Crippen LogP contribution in [-0.4, -0.2) is 16.6 Å². The summed E-state index contributed by atoms with van der Waals surface area (Å²) in [6, 6.07) is 12.8. The van der Waals surface area contributed by atoms with E-state index in [9.17, 15) is 5.21 Å². The first kappa shape index (κ1) is 13.0. The lowest BCUT2D eigenvalue weighted by Crippen LogP contribution is -2.34. The highest BCUT2D eigenvalue weighted by Gasteiger charge is 2.31. The van der Waals surface area contributed by atoms with Gasteiger partial charge in [-0.3, -0.25) is 0 Å². The molecule has 0 saturated heterocycles. The standard InChI is InChI=1S/C16H14ClNO2/c1-10-3-8-15-14(9-10)18(19)16(11(2)20-15)12-4-6-13(17)7-5-12/h3-9,11H,1-2H3. The number of nitrogens with zero attached hydrogens (tertiary/aromatic N) is 1. The third-order valence-corrected chi connectivity index (χ3v) is 3.63. The Balaban J connectivity index is 2.18. The largest absolute Gasteiger partial charge is 0.618 e. The van der Waals surface area contributed by atoms with Gasteiger partial charge in [0.1, 0.15) is 0 Å². The molecule has 0 N–H and O–H groups in total. The van der Waals surface area contributed by atoms with Gasteiger partial charge in [-0.1, -0.05) is 17.7 Å². The fourth-order valence-corrected chi connectivity index (χ4v) is 2.53. The molecule has 0 aromatic heterocycles. The highest BCUT2D eigenvalue weighted by Crippen LogP contribution is 2.33. The summed E-state index contributed by atoms with van der Waals surface area (Å²) >= 11 is 5.89. The summed E-state index contributed by atoms with van der Waals surface area (Å²) in [7, 11) is 0. The molecule has 1 heterocycles. The molecule has 0 radical (unpaired) electrons. The first-order chi connectivity index (χ1) is 9.56. The quantitative estimate of drug-likeness (QED) is 0.586. The lowest BCUT2D eigenvalue weighted by molar-refractivity contribution is -0.370. The van der Waals surface area contributed by atoms with Crippen LogP contribution < -0.4 is 4.74 Å². The summed E-state index contributed by atoms with van der Waals surface area (Å²) in [6.07, 6.45) is -0.302. The van der Waals surface area contributed by atoms with Crippen molar-refractivity contribution < 1.29 is 9.48 Å². The summed E-state index contributed by atoms with van der Waals surface area (Å²) < 4.78 is 6.80. The minimum absolute atomic E-state index is 0.302. The molecular weight excluding hydrogens is 274 g/mol. The molecule has 0 amide bonds. The average molecular weight is 288 g/mol. The van der Waals surface area contributed by atoms with Crippen LogP contribution >= 0.6 is 11.6 Å². The Bertz CT molecular complexity index is 692. The van der Waals surface area contributed by atoms with E-state index < -0.39 is 0 Å². The second kappa shape index (κ2) is 4.84. The van der Waals surface area contributed by atoms with Gasteiger partial charge in [0.25, 0.3) is 5.69 Å². The van der Waals surface area contributed by atoms with E-state index in [4.69, 9.17) is 16.3 Å². The summed E-state index contributed by atoms with van der Waals surface area (Å²) in [5.41, 5.74) is 3.00. The van der Waals surface area contributed by atoms with Gasteiger partial charge in [0, 0.05) is 16.7 Å². The van der Waals surface area contributed by atoms with Gasteiger partial charge in [0.05, 0.1) is 0 Å². The summed E-state index contributed by atoms with van der Waals surface area (Å²) in [6.45, 7) is 3.83. The van der Waals surface area contributed by atoms with Gasteiger partial charge in [-0.2, -0.15) is 4.74 Å². The zero-order valence-electron chi connectivity index (χ0n) is 11.3. The number of fused-ring (bicyclic) bond motifs is 1. The van der Waals surface area contributed by atoms with Crippen LogP contribution in [-0.2, 0) is 0 Å². The zero-order chi connectivity index (χ0) is 14.3. The molecule has 2 aromatic rings. The van der Waals surface area contributed by atoms with E-state index in [0.29, 0.717) is 22.2 Å². The molecule has 102 valence electrons. The number of ether oxygens (including phenoxy) is 1. The van der Waals surface area contributed by atoms with E-state index >= 15 is 0 Å². The van der Waals surface area contributed by atoms with Gasteiger partial charge >= 0.3 is 0 Å². The highest BCUT2D eigenvalue weighted by molar-refractivity contribution is 6.30. The van der Waals surface area contributed by atoms with Gasteiger partial charge in [-0.15, -0.1) is 0 Å². The van der Waals surface area contributed by atoms with E-state index in [0.717, 1.165) is 15.9 Å². The fourth-order valence-electron chi connectivity index (χ4n) is 2.40. The Morgan fingerprint density at radius 1 is 1.15 bits per heavy atom. The number of aryl methyl sites for hydroxylation is 1. The van der Waals surface area contributed by atoms with Gasteiger partial charge in [0.15, 0.2) is 11.9 Å². The smallest absolute Gasteiger partial charge is 0.259 e. The topological polar surface area (TPSA) is 35.3 Å². The maximum absolute atomic E-state index is 12.6. The second-order valence-corrected chi connectivity index (χ2v) is 5.35. The molecule has 3 rings (SSSR count). The van der Waals surface area contributed by atoms with Crippen LogP contribution in [0.1, 0.15) is 18.1 Å². The van der Waals surface area contributed by atoms with Crippen LogP contribution in [0.2, 0.25) is 5.02 Å². The van der Waals surface area contributed by atoms with Gasteiger partial charge in [-0.25, -0.2) is 0 Å². The molecule has 4 heteroatoms. The van der Waals surface area contributed by atoms with Crippen molar-refractivity contribution in [2.24, 2.45) is 0 Å². The predicted octanol–water partition coefficient (Wildman–Crippen LogP) is 4.06. The second-order valence-electron chi connectivity index (χ2n) is 4.92. The Kier molecular flexibility index (Phi) is 3.14. The van der Waals surface area contributed by atoms with E-state index in [1.807, 2.05) is 44.2 Å². The molecule has 3 nitrogen and oxygen atoms in total. The monoisotopic (exact) mass is 287 g/mol. The molecular formula is C16H14ClNO2. The number of hydrogen-bond acceptors (Lipinski definition) is 2. The molecule has 1 aliphatic heterocycles. The predicted molar refractivity (Wildman–Crippen MR) is 80.1 cm³/mol. The van der Waals surface area contributed by atoms with Crippen molar-refractivity contribution in [2.45, 2.75) is 20.0 Å². The zero-order valence-corrected chi connectivity index (χ0v) is 12.0. The average Bonchev–Trinajstić information content (AvgIpc) is 2.42. The maximum Gasteiger partial charge on any atom is 0.259 e. The number of hydrogen-bond donors (Lipinski definition) is 0. The van der Waals surface area contributed by atoms with Crippen molar-refractivity contribution in [1.82, 2.24) is 0 Å². The van der Waals surface area contributed by atoms with Crippen molar-refractivity contribution >= 4 is 23.0 Å². The SMILES string of the molecule is Cc1ccc2c(c1)[N+]([O-])=C(c1ccc(Cl)cc1)C(C)O2. The van der Waals surface area contributed by atoms with Crippen LogP contribution in [0.15, 0.2) is 42.5 Å². The van der Waals surface area contributed by atoms with Crippen LogP contribution in [0.25, 0.3) is 0 Å². The van der Waals surface area contributed by atoms with Crippen LogP contribution in [0.4, 0.5) is 5.69 Å². The van der Waals surface area contributed by atoms with Crippen LogP contribution in [0.3, 0.4) is 0 Å². The molecule has 1 unspecified atom stereocenters. The normalized spacial score (nSPS) is 17.6. The van der Waals surface area contributed by atoms with Crippen molar-refractivity contribution in [2.75, 3.05) is 0 Å². The Morgan fingerprint density at radius 3 is 2.55 bits per heavy atom. The van der Waals surface area contributed by atoms with E-state index in [1.165, 1.54) is 0 Å². The molecule has 2 aromatic carbocycles. The van der Waals surface area contributed by atoms with Gasteiger partial charge in [-0.05, 0) is 49.7 Å². The molecule has 0 fully saturated rings. The highest BCUT2D eigenvalue weighted by atomic mass is 35.5. The molecule has 1 aliphatic rings. The minimum Gasteiger partial charge on any atom is -0.618 e. The number of rotatable bonds is 1. The van der Waals surface area contributed by atoms with E-state index in [2.05, 4.69) is 0 Å². The molecule has 20 heavy (non-hydrogen) atoms. The summed E-state index contributed by atoms with van der Waals surface area (Å²) in [5.74, 6) is 0.621. The summed E-state index contributed by atoms with van der Waals surface area (Å²) in [4.78, 5) is 0. The van der Waals surface area contributed by atoms with Crippen molar-refractivity contribution in [3.63, 3.8) is 0 Å². The van der Waals surface area contributed by atoms with E-state index in [-0.39, 0.29) is 6.10 Å². The molecule has 0 spiro atoms. The van der Waals surface area contributed by atoms with Crippen molar-refractivity contribution in [1.29, 1.82) is 0 Å². The first-order valence-electron chi connectivity index (χ1n) is 6.43. The van der Waals surface area contributed by atoms with Gasteiger partial charge < -0.3 is 9.94 Å². The number of halogens is 1. The van der Waals surface area contributed by atoms with Crippen molar-refractivity contribution in [3.05, 3.63) is 63.8 Å². The minimum atomic E-state index is -0.302. The first-order valence-corrected chi connectivity index (χ1v) is 6.81. The van der Waals surface area contributed by atoms with Crippen molar-refractivity contribution in [3.8, 4) is 5.75 Å². The van der Waals surface area contributed by atoms with Gasteiger partial charge in [0.2, 0.25) is 5.71 Å². The lowest BCUT2D eigenvalue weighted by Gasteiger charge is -2.24. The molecule has 0 bridgehead atoms. The Labute approximate surface area is 122 Å².